The molecule has 0 aliphatic carbocycles. The van der Waals surface area contributed by atoms with E-state index in [1.54, 1.807) is 5.43 Å². The standard InChI is InChI=1S/C7H5F3N2O/c8-7(9,10)13-6-3-1-5(12-11)2-4-6/h1-4,12H. The first-order valence-corrected chi connectivity index (χ1v) is 3.27. The Hall–Kier alpha value is -1.43. The van der Waals surface area contributed by atoms with Crippen molar-refractivity contribution in [3.63, 3.8) is 0 Å². The van der Waals surface area contributed by atoms with Crippen molar-refractivity contribution in [2.24, 2.45) is 0 Å². The maximum Gasteiger partial charge on any atom is 0.573 e. The van der Waals surface area contributed by atoms with Crippen LogP contribution in [0.1, 0.15) is 0 Å². The zero-order chi connectivity index (χ0) is 9.90. The SMILES string of the molecule is [N]Nc1ccc(OC(F)(F)F)cc1. The molecule has 1 rings (SSSR count). The van der Waals surface area contributed by atoms with Gasteiger partial charge in [-0.05, 0) is 30.1 Å². The first-order chi connectivity index (χ1) is 6.01. The molecule has 2 radical (unpaired) electrons. The van der Waals surface area contributed by atoms with Crippen LogP contribution >= 0.6 is 0 Å². The molecule has 0 aliphatic rings. The van der Waals surface area contributed by atoms with E-state index < -0.39 is 6.36 Å². The predicted molar refractivity (Wildman–Crippen MR) is 38.9 cm³/mol. The number of nitrogens with zero attached hydrogens (tertiary/aromatic N) is 1. The highest BCUT2D eigenvalue weighted by Gasteiger charge is 2.30. The van der Waals surface area contributed by atoms with Gasteiger partial charge in [-0.3, -0.25) is 5.43 Å². The minimum absolute atomic E-state index is 0.287. The van der Waals surface area contributed by atoms with Gasteiger partial charge >= 0.3 is 6.36 Å². The van der Waals surface area contributed by atoms with Crippen molar-refractivity contribution in [1.82, 2.24) is 5.84 Å². The van der Waals surface area contributed by atoms with E-state index in [-0.39, 0.29) is 11.4 Å². The van der Waals surface area contributed by atoms with E-state index in [1.807, 2.05) is 0 Å². The van der Waals surface area contributed by atoms with Gasteiger partial charge in [-0.2, -0.15) is 0 Å². The molecule has 0 saturated heterocycles. The summed E-state index contributed by atoms with van der Waals surface area (Å²) in [6.07, 6.45) is -4.69. The topological polar surface area (TPSA) is 43.6 Å². The van der Waals surface area contributed by atoms with Crippen LogP contribution in [0.25, 0.3) is 0 Å². The quantitative estimate of drug-likeness (QED) is 0.724. The second-order valence-electron chi connectivity index (χ2n) is 2.18. The Balaban J connectivity index is 2.70. The molecule has 0 bridgehead atoms. The van der Waals surface area contributed by atoms with Crippen molar-refractivity contribution in [2.75, 3.05) is 5.43 Å². The van der Waals surface area contributed by atoms with E-state index >= 15 is 0 Å². The summed E-state index contributed by atoms with van der Waals surface area (Å²) >= 11 is 0. The third kappa shape index (κ3) is 3.20. The zero-order valence-electron chi connectivity index (χ0n) is 6.30. The summed E-state index contributed by atoms with van der Waals surface area (Å²) in [4.78, 5) is 0. The highest BCUT2D eigenvalue weighted by molar-refractivity contribution is 5.44. The summed E-state index contributed by atoms with van der Waals surface area (Å²) in [6, 6.07) is 4.68. The average molecular weight is 190 g/mol. The Morgan fingerprint density at radius 2 is 1.69 bits per heavy atom. The molecular weight excluding hydrogens is 185 g/mol. The number of anilines is 1. The first-order valence-electron chi connectivity index (χ1n) is 3.27. The molecule has 0 unspecified atom stereocenters. The van der Waals surface area contributed by atoms with Gasteiger partial charge in [-0.1, -0.05) is 0 Å². The van der Waals surface area contributed by atoms with Gasteiger partial charge in [0.15, 0.2) is 0 Å². The van der Waals surface area contributed by atoms with Gasteiger partial charge in [0.25, 0.3) is 0 Å². The third-order valence-electron chi connectivity index (χ3n) is 1.22. The van der Waals surface area contributed by atoms with Gasteiger partial charge in [0.1, 0.15) is 5.75 Å². The average Bonchev–Trinajstić information content (AvgIpc) is 2.03. The number of alkyl halides is 3. The van der Waals surface area contributed by atoms with Gasteiger partial charge in [-0.15, -0.1) is 13.2 Å². The molecule has 6 heteroatoms. The molecule has 13 heavy (non-hydrogen) atoms. The van der Waals surface area contributed by atoms with Crippen LogP contribution < -0.4 is 16.0 Å². The summed E-state index contributed by atoms with van der Waals surface area (Å²) in [5.74, 6) is 8.02. The smallest absolute Gasteiger partial charge is 0.406 e. The Morgan fingerprint density at radius 3 is 2.08 bits per heavy atom. The Morgan fingerprint density at radius 1 is 1.15 bits per heavy atom. The number of hydrogen-bond donors (Lipinski definition) is 1. The van der Waals surface area contributed by atoms with Crippen LogP contribution in [0.4, 0.5) is 18.9 Å². The van der Waals surface area contributed by atoms with E-state index in [1.165, 1.54) is 12.1 Å². The van der Waals surface area contributed by atoms with Gasteiger partial charge < -0.3 is 4.74 Å². The predicted octanol–water partition coefficient (Wildman–Crippen LogP) is 1.98. The highest BCUT2D eigenvalue weighted by Crippen LogP contribution is 2.23. The van der Waals surface area contributed by atoms with Crippen molar-refractivity contribution in [1.29, 1.82) is 0 Å². The molecule has 0 aromatic heterocycles. The molecule has 0 amide bonds. The van der Waals surface area contributed by atoms with Crippen LogP contribution in [0.15, 0.2) is 24.3 Å². The monoisotopic (exact) mass is 190 g/mol. The Labute approximate surface area is 72.3 Å². The molecule has 0 atom stereocenters. The molecular formula is C7H5F3N2O. The fourth-order valence-electron chi connectivity index (χ4n) is 0.731. The molecule has 70 valence electrons. The maximum atomic E-state index is 11.6. The molecule has 0 saturated carbocycles. The van der Waals surface area contributed by atoms with Crippen molar-refractivity contribution in [3.8, 4) is 5.75 Å². The molecule has 0 heterocycles. The summed E-state index contributed by atoms with van der Waals surface area (Å²) in [5.41, 5.74) is 2.07. The van der Waals surface area contributed by atoms with Crippen LogP contribution in [-0.4, -0.2) is 6.36 Å². The van der Waals surface area contributed by atoms with Crippen LogP contribution in [0.2, 0.25) is 0 Å². The van der Waals surface area contributed by atoms with E-state index in [0.717, 1.165) is 12.1 Å². The Bertz CT molecular complexity index is 270. The number of hydrogen-bond acceptors (Lipinski definition) is 2. The summed E-state index contributed by atoms with van der Waals surface area (Å²) in [7, 11) is 0. The number of benzene rings is 1. The Kier molecular flexibility index (Phi) is 2.62. The number of halogens is 3. The lowest BCUT2D eigenvalue weighted by Crippen LogP contribution is -2.16. The minimum Gasteiger partial charge on any atom is -0.406 e. The molecule has 1 N–H and O–H groups in total. The van der Waals surface area contributed by atoms with Gasteiger partial charge in [0.05, 0.1) is 5.69 Å². The normalized spacial score (nSPS) is 11.1. The van der Waals surface area contributed by atoms with E-state index in [9.17, 15) is 13.2 Å². The summed E-state index contributed by atoms with van der Waals surface area (Å²) in [6.45, 7) is 0. The van der Waals surface area contributed by atoms with E-state index in [4.69, 9.17) is 5.84 Å². The van der Waals surface area contributed by atoms with Gasteiger partial charge in [0.2, 0.25) is 0 Å². The number of ether oxygens (including phenoxy) is 1. The fourth-order valence-corrected chi connectivity index (χ4v) is 0.731. The second-order valence-corrected chi connectivity index (χ2v) is 2.18. The van der Waals surface area contributed by atoms with Crippen molar-refractivity contribution >= 4 is 5.69 Å². The van der Waals surface area contributed by atoms with Gasteiger partial charge in [-0.25, -0.2) is 0 Å². The molecule has 1 aromatic carbocycles. The number of rotatable bonds is 2. The van der Waals surface area contributed by atoms with Crippen LogP contribution in [0, 0.1) is 0 Å². The van der Waals surface area contributed by atoms with Gasteiger partial charge in [0, 0.05) is 0 Å². The lowest BCUT2D eigenvalue weighted by atomic mass is 10.3. The van der Waals surface area contributed by atoms with Crippen LogP contribution in [0.3, 0.4) is 0 Å². The molecule has 0 fully saturated rings. The maximum absolute atomic E-state index is 11.6. The lowest BCUT2D eigenvalue weighted by molar-refractivity contribution is -0.274. The largest absolute Gasteiger partial charge is 0.573 e. The van der Waals surface area contributed by atoms with Crippen LogP contribution in [0.5, 0.6) is 5.75 Å². The third-order valence-corrected chi connectivity index (χ3v) is 1.22. The van der Waals surface area contributed by atoms with Crippen molar-refractivity contribution < 1.29 is 17.9 Å². The van der Waals surface area contributed by atoms with Crippen molar-refractivity contribution in [2.45, 2.75) is 6.36 Å². The number of nitrogens with one attached hydrogen (secondary N) is 1. The zero-order valence-corrected chi connectivity index (χ0v) is 6.30. The molecule has 3 nitrogen and oxygen atoms in total. The summed E-state index contributed by atoms with van der Waals surface area (Å²) < 4.78 is 38.5. The molecule has 0 aliphatic heterocycles. The van der Waals surface area contributed by atoms with E-state index in [2.05, 4.69) is 4.74 Å². The second kappa shape index (κ2) is 3.53. The van der Waals surface area contributed by atoms with Crippen molar-refractivity contribution in [3.05, 3.63) is 24.3 Å². The summed E-state index contributed by atoms with van der Waals surface area (Å²) in [5, 5.41) is 0. The first kappa shape index (κ1) is 9.66. The molecule has 0 spiro atoms. The fraction of sp³-hybridized carbons (Fsp3) is 0.143. The molecule has 1 aromatic rings. The van der Waals surface area contributed by atoms with E-state index in [0.29, 0.717) is 0 Å². The highest BCUT2D eigenvalue weighted by atomic mass is 19.4. The van der Waals surface area contributed by atoms with Crippen LogP contribution in [-0.2, 0) is 0 Å². The minimum atomic E-state index is -4.69. The lowest BCUT2D eigenvalue weighted by Gasteiger charge is -2.08.